The number of rotatable bonds is 14. The molecule has 1 rings (SSSR count). The maximum Gasteiger partial charge on any atom is 0.326 e. The number of carboxylic acid groups (broad SMARTS) is 3. The summed E-state index contributed by atoms with van der Waals surface area (Å²) in [6.45, 7) is 5.39. The molecule has 0 heterocycles. The predicted octanol–water partition coefficient (Wildman–Crippen LogP) is 2.04. The molecule has 6 N–H and O–H groups in total. The number of nitrogens with one attached hydrogen (secondary N) is 3. The zero-order valence-corrected chi connectivity index (χ0v) is 18.0. The summed E-state index contributed by atoms with van der Waals surface area (Å²) < 4.78 is 0. The molecule has 0 fully saturated rings. The molecule has 174 valence electrons. The molecule has 0 aliphatic rings. The number of carbonyl (C=O) groups excluding carboxylic acids is 1. The zero-order valence-electron chi connectivity index (χ0n) is 18.0. The Bertz CT molecular complexity index is 683. The van der Waals surface area contributed by atoms with Gasteiger partial charge in [-0.25, -0.2) is 14.4 Å². The van der Waals surface area contributed by atoms with Gasteiger partial charge in [-0.15, -0.1) is 0 Å². The van der Waals surface area contributed by atoms with Crippen molar-refractivity contribution in [3.05, 3.63) is 35.9 Å². The third-order valence-electron chi connectivity index (χ3n) is 4.12. The first kappa shape index (κ1) is 27.9. The highest BCUT2D eigenvalue weighted by Gasteiger charge is 2.24. The number of benzene rings is 1. The van der Waals surface area contributed by atoms with Crippen molar-refractivity contribution in [1.29, 1.82) is 0 Å². The lowest BCUT2D eigenvalue weighted by molar-refractivity contribution is -0.140. The van der Waals surface area contributed by atoms with E-state index in [0.717, 1.165) is 5.56 Å². The van der Waals surface area contributed by atoms with Gasteiger partial charge in [-0.1, -0.05) is 44.2 Å². The number of hydrogen-bond donors (Lipinski definition) is 6. The van der Waals surface area contributed by atoms with Crippen LogP contribution in [0.2, 0.25) is 0 Å². The van der Waals surface area contributed by atoms with Gasteiger partial charge in [0.05, 0.1) is 0 Å². The summed E-state index contributed by atoms with van der Waals surface area (Å²) in [7, 11) is 0. The molecule has 1 aromatic carbocycles. The van der Waals surface area contributed by atoms with Crippen molar-refractivity contribution in [2.24, 2.45) is 0 Å². The van der Waals surface area contributed by atoms with Gasteiger partial charge in [0.2, 0.25) is 0 Å². The maximum atomic E-state index is 11.9. The van der Waals surface area contributed by atoms with Crippen molar-refractivity contribution >= 4 is 23.9 Å². The van der Waals surface area contributed by atoms with Crippen LogP contribution in [0.25, 0.3) is 0 Å². The third kappa shape index (κ3) is 13.7. The van der Waals surface area contributed by atoms with Gasteiger partial charge in [-0.05, 0) is 37.8 Å². The Kier molecular flexibility index (Phi) is 15.0. The van der Waals surface area contributed by atoms with E-state index in [-0.39, 0.29) is 12.8 Å². The molecule has 0 saturated carbocycles. The lowest BCUT2D eigenvalue weighted by Crippen LogP contribution is -2.51. The van der Waals surface area contributed by atoms with Crippen molar-refractivity contribution in [3.8, 4) is 0 Å². The Morgan fingerprint density at radius 2 is 1.39 bits per heavy atom. The molecule has 0 aliphatic heterocycles. The summed E-state index contributed by atoms with van der Waals surface area (Å²) in [6.07, 6.45) is 0.692. The molecule has 0 unspecified atom stereocenters. The topological polar surface area (TPSA) is 165 Å². The van der Waals surface area contributed by atoms with Crippen molar-refractivity contribution < 1.29 is 34.5 Å². The second-order valence-electron chi connectivity index (χ2n) is 6.49. The molecule has 31 heavy (non-hydrogen) atoms. The Morgan fingerprint density at radius 3 is 1.90 bits per heavy atom. The van der Waals surface area contributed by atoms with Crippen molar-refractivity contribution in [2.45, 2.75) is 64.6 Å². The second kappa shape index (κ2) is 16.6. The SMILES string of the molecule is CC.O=C(O)CC[C@H](NC(=O)N[C@@H](CCCCNCc1ccccc1)C(=O)O)C(=O)O. The van der Waals surface area contributed by atoms with Crippen LogP contribution in [-0.4, -0.2) is 57.9 Å². The fourth-order valence-corrected chi connectivity index (χ4v) is 2.57. The number of carboxylic acids is 3. The maximum absolute atomic E-state index is 11.9. The lowest BCUT2D eigenvalue weighted by atomic mass is 10.1. The molecule has 10 heteroatoms. The minimum atomic E-state index is -1.41. The average Bonchev–Trinajstić information content (AvgIpc) is 2.74. The van der Waals surface area contributed by atoms with Gasteiger partial charge < -0.3 is 31.3 Å². The standard InChI is InChI=1S/C19H27N3O7.C2H6/c23-16(24)10-9-15(18(27)28)22-19(29)21-14(17(25)26)8-4-5-11-20-12-13-6-2-1-3-7-13;1-2/h1-3,6-7,14-15,20H,4-5,8-12H2,(H,23,24)(H,25,26)(H,27,28)(H2,21,22,29);1-2H3/t14-,15-;/m0./s1. The molecule has 0 aliphatic carbocycles. The van der Waals surface area contributed by atoms with Gasteiger partial charge in [0.15, 0.2) is 0 Å². The molecule has 1 aromatic rings. The predicted molar refractivity (Wildman–Crippen MR) is 115 cm³/mol. The highest BCUT2D eigenvalue weighted by Crippen LogP contribution is 2.03. The number of unbranched alkanes of at least 4 members (excludes halogenated alkanes) is 1. The lowest BCUT2D eigenvalue weighted by Gasteiger charge is -2.18. The highest BCUT2D eigenvalue weighted by molar-refractivity contribution is 5.86. The van der Waals surface area contributed by atoms with Gasteiger partial charge in [-0.3, -0.25) is 4.79 Å². The Morgan fingerprint density at radius 1 is 0.839 bits per heavy atom. The molecule has 2 atom stereocenters. The molecule has 0 aromatic heterocycles. The quantitative estimate of drug-likeness (QED) is 0.240. The summed E-state index contributed by atoms with van der Waals surface area (Å²) in [6, 6.07) is 6.28. The molecular weight excluding hydrogens is 406 g/mol. The van der Waals surface area contributed by atoms with E-state index in [2.05, 4.69) is 16.0 Å². The minimum absolute atomic E-state index is 0.183. The van der Waals surface area contributed by atoms with Gasteiger partial charge >= 0.3 is 23.9 Å². The van der Waals surface area contributed by atoms with E-state index in [4.69, 9.17) is 10.2 Å². The number of urea groups is 1. The highest BCUT2D eigenvalue weighted by atomic mass is 16.4. The van der Waals surface area contributed by atoms with Crippen LogP contribution in [-0.2, 0) is 20.9 Å². The van der Waals surface area contributed by atoms with Crippen molar-refractivity contribution in [3.63, 3.8) is 0 Å². The van der Waals surface area contributed by atoms with Gasteiger partial charge in [0, 0.05) is 13.0 Å². The first-order valence-electron chi connectivity index (χ1n) is 10.3. The number of carbonyl (C=O) groups is 4. The molecule has 0 bridgehead atoms. The van der Waals surface area contributed by atoms with Crippen molar-refractivity contribution in [2.75, 3.05) is 6.54 Å². The molecule has 0 spiro atoms. The van der Waals surface area contributed by atoms with E-state index in [1.165, 1.54) is 0 Å². The van der Waals surface area contributed by atoms with Gasteiger partial charge in [0.25, 0.3) is 0 Å². The summed E-state index contributed by atoms with van der Waals surface area (Å²) in [5, 5.41) is 34.5. The van der Waals surface area contributed by atoms with E-state index in [1.54, 1.807) is 0 Å². The van der Waals surface area contributed by atoms with Gasteiger partial charge in [0.1, 0.15) is 12.1 Å². The summed E-state index contributed by atoms with van der Waals surface area (Å²) in [5.74, 6) is -3.81. The molecular formula is C21H33N3O7. The minimum Gasteiger partial charge on any atom is -0.481 e. The van der Waals surface area contributed by atoms with Crippen LogP contribution in [0, 0.1) is 0 Å². The van der Waals surface area contributed by atoms with Crippen LogP contribution >= 0.6 is 0 Å². The molecule has 0 radical (unpaired) electrons. The van der Waals surface area contributed by atoms with Crippen molar-refractivity contribution in [1.82, 2.24) is 16.0 Å². The normalized spacial score (nSPS) is 11.9. The summed E-state index contributed by atoms with van der Waals surface area (Å²) in [4.78, 5) is 44.9. The van der Waals surface area contributed by atoms with Crippen LogP contribution in [0.1, 0.15) is 51.5 Å². The second-order valence-corrected chi connectivity index (χ2v) is 6.49. The number of amides is 2. The monoisotopic (exact) mass is 439 g/mol. The largest absolute Gasteiger partial charge is 0.481 e. The summed E-state index contributed by atoms with van der Waals surface area (Å²) in [5.41, 5.74) is 1.14. The van der Waals surface area contributed by atoms with Gasteiger partial charge in [-0.2, -0.15) is 0 Å². The van der Waals surface area contributed by atoms with E-state index >= 15 is 0 Å². The van der Waals surface area contributed by atoms with E-state index in [0.29, 0.717) is 25.9 Å². The van der Waals surface area contributed by atoms with Crippen LogP contribution in [0.5, 0.6) is 0 Å². The fraction of sp³-hybridized carbons (Fsp3) is 0.524. The van der Waals surface area contributed by atoms with Crippen LogP contribution in [0.4, 0.5) is 4.79 Å². The number of hydrogen-bond acceptors (Lipinski definition) is 5. The van der Waals surface area contributed by atoms with Crippen LogP contribution in [0.3, 0.4) is 0 Å². The smallest absolute Gasteiger partial charge is 0.326 e. The van der Waals surface area contributed by atoms with E-state index in [1.807, 2.05) is 44.2 Å². The molecule has 2 amide bonds. The van der Waals surface area contributed by atoms with E-state index in [9.17, 15) is 24.3 Å². The fourth-order valence-electron chi connectivity index (χ4n) is 2.57. The first-order valence-corrected chi connectivity index (χ1v) is 10.3. The Hall–Kier alpha value is -3.14. The Labute approximate surface area is 182 Å². The molecule has 10 nitrogen and oxygen atoms in total. The average molecular weight is 440 g/mol. The zero-order chi connectivity index (χ0) is 23.6. The number of aliphatic carboxylic acids is 3. The third-order valence-corrected chi connectivity index (χ3v) is 4.12. The summed E-state index contributed by atoms with van der Waals surface area (Å²) >= 11 is 0. The van der Waals surface area contributed by atoms with Crippen LogP contribution < -0.4 is 16.0 Å². The van der Waals surface area contributed by atoms with Crippen LogP contribution in [0.15, 0.2) is 30.3 Å². The first-order chi connectivity index (χ1) is 14.8. The molecule has 0 saturated heterocycles. The Balaban J connectivity index is 0.00000436. The van der Waals surface area contributed by atoms with E-state index < -0.39 is 42.4 Å².